The third-order valence-electron chi connectivity index (χ3n) is 7.40. The van der Waals surface area contributed by atoms with Crippen molar-refractivity contribution in [2.24, 2.45) is 0 Å². The molecule has 0 spiro atoms. The Morgan fingerprint density at radius 3 is 2.48 bits per heavy atom. The van der Waals surface area contributed by atoms with Gasteiger partial charge in [0.05, 0.1) is 26.9 Å². The Morgan fingerprint density at radius 2 is 1.68 bits per heavy atom. The molecule has 0 aliphatic carbocycles. The maximum Gasteiger partial charge on any atom is 0.228 e. The first-order valence-electron chi connectivity index (χ1n) is 13.0. The molecule has 0 unspecified atom stereocenters. The Balaban J connectivity index is 1.42. The zero-order valence-corrected chi connectivity index (χ0v) is 22.3. The van der Waals surface area contributed by atoms with Crippen molar-refractivity contribution in [3.8, 4) is 28.9 Å². The largest absolute Gasteiger partial charge is 0.497 e. The minimum atomic E-state index is -0.225. The molecule has 0 bridgehead atoms. The molecular formula is C32H26N4O4. The predicted molar refractivity (Wildman–Crippen MR) is 151 cm³/mol. The van der Waals surface area contributed by atoms with Crippen molar-refractivity contribution in [1.29, 1.82) is 0 Å². The molecule has 0 amide bonds. The highest BCUT2D eigenvalue weighted by molar-refractivity contribution is 5.91. The summed E-state index contributed by atoms with van der Waals surface area (Å²) in [6, 6.07) is 26.4. The average molecular weight is 531 g/mol. The number of ether oxygens (including phenoxy) is 4. The number of aromatic nitrogens is 4. The molecule has 198 valence electrons. The van der Waals surface area contributed by atoms with Crippen LogP contribution in [0.15, 0.2) is 85.2 Å². The second-order valence-electron chi connectivity index (χ2n) is 9.64. The summed E-state index contributed by atoms with van der Waals surface area (Å²) in [5, 5.41) is 6.89. The van der Waals surface area contributed by atoms with Gasteiger partial charge in [0.1, 0.15) is 17.8 Å². The van der Waals surface area contributed by atoms with Crippen molar-refractivity contribution in [1.82, 2.24) is 19.6 Å². The van der Waals surface area contributed by atoms with Crippen LogP contribution < -0.4 is 18.9 Å². The van der Waals surface area contributed by atoms with E-state index in [0.29, 0.717) is 35.3 Å². The van der Waals surface area contributed by atoms with Crippen LogP contribution in [0.25, 0.3) is 16.4 Å². The maximum absolute atomic E-state index is 6.54. The van der Waals surface area contributed by atoms with Crippen molar-refractivity contribution in [2.45, 2.75) is 12.3 Å². The molecule has 1 aliphatic heterocycles. The van der Waals surface area contributed by atoms with Gasteiger partial charge >= 0.3 is 0 Å². The zero-order chi connectivity index (χ0) is 27.2. The fourth-order valence-corrected chi connectivity index (χ4v) is 5.47. The van der Waals surface area contributed by atoms with Crippen molar-refractivity contribution in [3.63, 3.8) is 0 Å². The van der Waals surface area contributed by atoms with Gasteiger partial charge in [-0.2, -0.15) is 0 Å². The predicted octanol–water partition coefficient (Wildman–Crippen LogP) is 6.18. The van der Waals surface area contributed by atoms with Crippen LogP contribution in [0.1, 0.15) is 34.0 Å². The monoisotopic (exact) mass is 530 g/mol. The first kappa shape index (κ1) is 24.0. The Kier molecular flexibility index (Phi) is 5.73. The molecule has 1 atom stereocenters. The fraction of sp³-hybridized carbons (Fsp3) is 0.156. The molecule has 8 heteroatoms. The molecule has 40 heavy (non-hydrogen) atoms. The molecule has 0 saturated heterocycles. The first-order chi connectivity index (χ1) is 19.7. The van der Waals surface area contributed by atoms with E-state index in [1.807, 2.05) is 48.5 Å². The molecule has 3 heterocycles. The van der Waals surface area contributed by atoms with Crippen LogP contribution in [0.5, 0.6) is 28.9 Å². The molecule has 8 nitrogen and oxygen atoms in total. The smallest absolute Gasteiger partial charge is 0.228 e. The lowest BCUT2D eigenvalue weighted by molar-refractivity contribution is 0.354. The van der Waals surface area contributed by atoms with Gasteiger partial charge in [-0.25, -0.2) is 14.5 Å². The Morgan fingerprint density at radius 1 is 0.850 bits per heavy atom. The second kappa shape index (κ2) is 9.57. The molecule has 0 saturated carbocycles. The van der Waals surface area contributed by atoms with Crippen LogP contribution in [0.3, 0.4) is 0 Å². The fourth-order valence-electron chi connectivity index (χ4n) is 5.47. The van der Waals surface area contributed by atoms with Gasteiger partial charge in [0.15, 0.2) is 23.0 Å². The van der Waals surface area contributed by atoms with E-state index in [2.05, 4.69) is 30.3 Å². The van der Waals surface area contributed by atoms with E-state index in [9.17, 15) is 0 Å². The van der Waals surface area contributed by atoms with Gasteiger partial charge in [-0.3, -0.25) is 0 Å². The minimum Gasteiger partial charge on any atom is -0.497 e. The standard InChI is InChI=1S/C32H26N4O4/c1-37-22-12-8-19(9-13-22)16-27-34-31-29-28(21-11-15-25(38-2)26(17-21)39-3)24-14-10-20-6-4-5-7-23(20)30(24)40-32(29)33-18-36(31)35-27/h4-15,17-18,28H,16H2,1-3H3/t28-/m1/s1. The lowest BCUT2D eigenvalue weighted by atomic mass is 9.82. The summed E-state index contributed by atoms with van der Waals surface area (Å²) in [4.78, 5) is 9.71. The molecule has 0 fully saturated rings. The third-order valence-corrected chi connectivity index (χ3v) is 7.40. The molecule has 7 rings (SSSR count). The van der Waals surface area contributed by atoms with Gasteiger partial charge in [-0.1, -0.05) is 54.6 Å². The van der Waals surface area contributed by atoms with Gasteiger partial charge in [0.2, 0.25) is 5.88 Å². The average Bonchev–Trinajstić information content (AvgIpc) is 3.42. The summed E-state index contributed by atoms with van der Waals surface area (Å²) in [6.45, 7) is 0. The summed E-state index contributed by atoms with van der Waals surface area (Å²) in [6.07, 6.45) is 2.24. The van der Waals surface area contributed by atoms with E-state index in [0.717, 1.165) is 44.5 Å². The SMILES string of the molecule is COc1ccc(Cc2nc3c4c(ncn3n2)Oc2c(ccc3ccccc23)[C@H]4c2ccc(OC)c(OC)c2)cc1. The van der Waals surface area contributed by atoms with Crippen molar-refractivity contribution >= 4 is 16.4 Å². The Hall–Kier alpha value is -5.11. The number of hydrogen-bond acceptors (Lipinski definition) is 7. The van der Waals surface area contributed by atoms with Crippen LogP contribution >= 0.6 is 0 Å². The maximum atomic E-state index is 6.54. The van der Waals surface area contributed by atoms with Gasteiger partial charge < -0.3 is 18.9 Å². The lowest BCUT2D eigenvalue weighted by Crippen LogP contribution is -2.15. The normalized spacial score (nSPS) is 13.9. The number of nitrogens with zero attached hydrogens (tertiary/aromatic N) is 4. The van der Waals surface area contributed by atoms with E-state index < -0.39 is 0 Å². The molecule has 6 aromatic rings. The topological polar surface area (TPSA) is 80.0 Å². The van der Waals surface area contributed by atoms with E-state index in [4.69, 9.17) is 34.0 Å². The van der Waals surface area contributed by atoms with Crippen molar-refractivity contribution in [2.75, 3.05) is 21.3 Å². The highest BCUT2D eigenvalue weighted by Gasteiger charge is 2.34. The second-order valence-corrected chi connectivity index (χ2v) is 9.64. The van der Waals surface area contributed by atoms with Crippen LogP contribution in [-0.4, -0.2) is 40.9 Å². The lowest BCUT2D eigenvalue weighted by Gasteiger charge is -2.29. The van der Waals surface area contributed by atoms with Crippen LogP contribution in [0.2, 0.25) is 0 Å². The Bertz CT molecular complexity index is 1880. The molecular weight excluding hydrogens is 504 g/mol. The number of rotatable bonds is 6. The number of hydrogen-bond donors (Lipinski definition) is 0. The van der Waals surface area contributed by atoms with E-state index in [1.54, 1.807) is 32.2 Å². The Labute approximate surface area is 230 Å². The van der Waals surface area contributed by atoms with Crippen LogP contribution in [0, 0.1) is 0 Å². The van der Waals surface area contributed by atoms with E-state index >= 15 is 0 Å². The van der Waals surface area contributed by atoms with E-state index in [-0.39, 0.29) is 5.92 Å². The number of fused-ring (bicyclic) bond motifs is 6. The molecule has 2 aromatic heterocycles. The zero-order valence-electron chi connectivity index (χ0n) is 22.3. The number of benzene rings is 4. The molecule has 0 radical (unpaired) electrons. The molecule has 0 N–H and O–H groups in total. The highest BCUT2D eigenvalue weighted by atomic mass is 16.5. The van der Waals surface area contributed by atoms with Crippen molar-refractivity contribution in [3.05, 3.63) is 113 Å². The quantitative estimate of drug-likeness (QED) is 0.254. The molecule has 4 aromatic carbocycles. The minimum absolute atomic E-state index is 0.225. The van der Waals surface area contributed by atoms with Gasteiger partial charge in [-0.05, 0) is 40.8 Å². The summed E-state index contributed by atoms with van der Waals surface area (Å²) in [5.41, 5.74) is 4.67. The highest BCUT2D eigenvalue weighted by Crippen LogP contribution is 2.51. The van der Waals surface area contributed by atoms with Gasteiger partial charge in [-0.15, -0.1) is 5.10 Å². The van der Waals surface area contributed by atoms with Gasteiger partial charge in [0, 0.05) is 23.3 Å². The third kappa shape index (κ3) is 3.88. The number of methoxy groups -OCH3 is 3. The summed E-state index contributed by atoms with van der Waals surface area (Å²) < 4.78 is 24.8. The van der Waals surface area contributed by atoms with Crippen LogP contribution in [-0.2, 0) is 6.42 Å². The van der Waals surface area contributed by atoms with E-state index in [1.165, 1.54) is 0 Å². The van der Waals surface area contributed by atoms with Gasteiger partial charge in [0.25, 0.3) is 0 Å². The summed E-state index contributed by atoms with van der Waals surface area (Å²) in [5.74, 6) is 3.90. The summed E-state index contributed by atoms with van der Waals surface area (Å²) >= 11 is 0. The van der Waals surface area contributed by atoms with Crippen molar-refractivity contribution < 1.29 is 18.9 Å². The van der Waals surface area contributed by atoms with Crippen LogP contribution in [0.4, 0.5) is 0 Å². The summed E-state index contributed by atoms with van der Waals surface area (Å²) in [7, 11) is 4.94. The molecule has 1 aliphatic rings. The first-order valence-corrected chi connectivity index (χ1v) is 13.0.